The summed E-state index contributed by atoms with van der Waals surface area (Å²) in [6.07, 6.45) is 3.04. The highest BCUT2D eigenvalue weighted by molar-refractivity contribution is 6.00. The molecule has 0 aliphatic carbocycles. The van der Waals surface area contributed by atoms with E-state index in [0.29, 0.717) is 17.9 Å². The minimum Gasteiger partial charge on any atom is -0.497 e. The van der Waals surface area contributed by atoms with Crippen molar-refractivity contribution in [2.24, 2.45) is 0 Å². The molecule has 2 aromatic rings. The molecule has 0 radical (unpaired) electrons. The molecule has 0 unspecified atom stereocenters. The van der Waals surface area contributed by atoms with Gasteiger partial charge in [-0.05, 0) is 18.6 Å². The standard InChI is InChI=1S/C14H16N2O2/c1-3-5-13(17)16-12-9-11(18-2)8-10-6-4-7-15-14(10)12/h4,6-9H,3,5H2,1-2H3,(H,16,17). The number of hydrogen-bond acceptors (Lipinski definition) is 3. The number of carbonyl (C=O) groups is 1. The summed E-state index contributed by atoms with van der Waals surface area (Å²) in [5, 5.41) is 3.83. The van der Waals surface area contributed by atoms with E-state index < -0.39 is 0 Å². The zero-order valence-electron chi connectivity index (χ0n) is 10.6. The third kappa shape index (κ3) is 2.59. The van der Waals surface area contributed by atoms with Gasteiger partial charge in [0.05, 0.1) is 18.3 Å². The summed E-state index contributed by atoms with van der Waals surface area (Å²) in [5.41, 5.74) is 1.48. The molecule has 1 aromatic carbocycles. The minimum absolute atomic E-state index is 0.00212. The molecule has 0 spiro atoms. The van der Waals surface area contributed by atoms with E-state index in [4.69, 9.17) is 4.74 Å². The number of nitrogens with zero attached hydrogens (tertiary/aromatic N) is 1. The van der Waals surface area contributed by atoms with Gasteiger partial charge in [0.2, 0.25) is 5.91 Å². The van der Waals surface area contributed by atoms with Crippen molar-refractivity contribution in [3.8, 4) is 5.75 Å². The van der Waals surface area contributed by atoms with Crippen molar-refractivity contribution in [2.75, 3.05) is 12.4 Å². The van der Waals surface area contributed by atoms with Gasteiger partial charge in [0.15, 0.2) is 0 Å². The monoisotopic (exact) mass is 244 g/mol. The van der Waals surface area contributed by atoms with Crippen LogP contribution in [0.3, 0.4) is 0 Å². The summed E-state index contributed by atoms with van der Waals surface area (Å²) in [6, 6.07) is 7.50. The molecule has 4 nitrogen and oxygen atoms in total. The second-order valence-electron chi connectivity index (χ2n) is 4.05. The molecule has 1 heterocycles. The third-order valence-corrected chi connectivity index (χ3v) is 2.67. The van der Waals surface area contributed by atoms with Crippen LogP contribution in [0.2, 0.25) is 0 Å². The van der Waals surface area contributed by atoms with Crippen LogP contribution in [0.5, 0.6) is 5.75 Å². The number of aromatic nitrogens is 1. The molecule has 1 aromatic heterocycles. The number of methoxy groups -OCH3 is 1. The van der Waals surface area contributed by atoms with E-state index in [-0.39, 0.29) is 5.91 Å². The minimum atomic E-state index is -0.00212. The molecule has 0 aliphatic rings. The summed E-state index contributed by atoms with van der Waals surface area (Å²) in [4.78, 5) is 16.0. The first-order chi connectivity index (χ1) is 8.74. The van der Waals surface area contributed by atoms with Crippen LogP contribution in [0.1, 0.15) is 19.8 Å². The number of ether oxygens (including phenoxy) is 1. The number of fused-ring (bicyclic) bond motifs is 1. The predicted molar refractivity (Wildman–Crippen MR) is 71.8 cm³/mol. The number of pyridine rings is 1. The van der Waals surface area contributed by atoms with Crippen molar-refractivity contribution in [3.63, 3.8) is 0 Å². The fourth-order valence-corrected chi connectivity index (χ4v) is 1.82. The first kappa shape index (κ1) is 12.4. The molecule has 18 heavy (non-hydrogen) atoms. The first-order valence-electron chi connectivity index (χ1n) is 5.97. The van der Waals surface area contributed by atoms with Gasteiger partial charge in [0, 0.05) is 24.1 Å². The fraction of sp³-hybridized carbons (Fsp3) is 0.286. The van der Waals surface area contributed by atoms with E-state index in [2.05, 4.69) is 10.3 Å². The smallest absolute Gasteiger partial charge is 0.224 e. The Bertz CT molecular complexity index is 567. The fourth-order valence-electron chi connectivity index (χ4n) is 1.82. The molecule has 0 aliphatic heterocycles. The second-order valence-corrected chi connectivity index (χ2v) is 4.05. The molecular formula is C14H16N2O2. The van der Waals surface area contributed by atoms with Gasteiger partial charge in [-0.1, -0.05) is 13.0 Å². The topological polar surface area (TPSA) is 51.2 Å². The predicted octanol–water partition coefficient (Wildman–Crippen LogP) is 2.98. The van der Waals surface area contributed by atoms with E-state index in [9.17, 15) is 4.79 Å². The molecular weight excluding hydrogens is 228 g/mol. The Kier molecular flexibility index (Phi) is 3.77. The van der Waals surface area contributed by atoms with Crippen molar-refractivity contribution >= 4 is 22.5 Å². The maximum atomic E-state index is 11.7. The number of amides is 1. The Morgan fingerprint density at radius 1 is 1.44 bits per heavy atom. The number of carbonyl (C=O) groups excluding carboxylic acids is 1. The van der Waals surface area contributed by atoms with Crippen molar-refractivity contribution in [1.29, 1.82) is 0 Å². The van der Waals surface area contributed by atoms with E-state index in [1.54, 1.807) is 19.4 Å². The normalized spacial score (nSPS) is 10.3. The Morgan fingerprint density at radius 3 is 3.00 bits per heavy atom. The molecule has 0 fully saturated rings. The van der Waals surface area contributed by atoms with Crippen molar-refractivity contribution in [2.45, 2.75) is 19.8 Å². The molecule has 1 amide bonds. The summed E-state index contributed by atoms with van der Waals surface area (Å²) < 4.78 is 5.23. The third-order valence-electron chi connectivity index (χ3n) is 2.67. The summed E-state index contributed by atoms with van der Waals surface area (Å²) >= 11 is 0. The van der Waals surface area contributed by atoms with Gasteiger partial charge in [0.25, 0.3) is 0 Å². The van der Waals surface area contributed by atoms with Gasteiger partial charge in [-0.25, -0.2) is 0 Å². The lowest BCUT2D eigenvalue weighted by molar-refractivity contribution is -0.116. The van der Waals surface area contributed by atoms with Crippen molar-refractivity contribution < 1.29 is 9.53 Å². The average Bonchev–Trinajstić information content (AvgIpc) is 2.38. The lowest BCUT2D eigenvalue weighted by atomic mass is 10.1. The lowest BCUT2D eigenvalue weighted by Crippen LogP contribution is -2.11. The maximum absolute atomic E-state index is 11.7. The van der Waals surface area contributed by atoms with E-state index >= 15 is 0 Å². The lowest BCUT2D eigenvalue weighted by Gasteiger charge is -2.10. The summed E-state index contributed by atoms with van der Waals surface area (Å²) in [6.45, 7) is 1.97. The molecule has 0 atom stereocenters. The quantitative estimate of drug-likeness (QED) is 0.899. The Balaban J connectivity index is 2.43. The van der Waals surface area contributed by atoms with E-state index in [1.165, 1.54) is 0 Å². The summed E-state index contributed by atoms with van der Waals surface area (Å²) in [5.74, 6) is 0.708. The SMILES string of the molecule is CCCC(=O)Nc1cc(OC)cc2cccnc12. The van der Waals surface area contributed by atoms with Crippen LogP contribution in [0.15, 0.2) is 30.5 Å². The highest BCUT2D eigenvalue weighted by Crippen LogP contribution is 2.27. The maximum Gasteiger partial charge on any atom is 0.224 e. The highest BCUT2D eigenvalue weighted by atomic mass is 16.5. The van der Waals surface area contributed by atoms with Gasteiger partial charge >= 0.3 is 0 Å². The van der Waals surface area contributed by atoms with E-state index in [1.807, 2.05) is 25.1 Å². The summed E-state index contributed by atoms with van der Waals surface area (Å²) in [7, 11) is 1.61. The van der Waals surface area contributed by atoms with Crippen LogP contribution in [0, 0.1) is 0 Å². The Labute approximate surface area is 106 Å². The zero-order chi connectivity index (χ0) is 13.0. The number of anilines is 1. The van der Waals surface area contributed by atoms with Crippen LogP contribution >= 0.6 is 0 Å². The Hall–Kier alpha value is -2.10. The molecule has 94 valence electrons. The van der Waals surface area contributed by atoms with Gasteiger partial charge in [0.1, 0.15) is 5.75 Å². The molecule has 2 rings (SSSR count). The van der Waals surface area contributed by atoms with Crippen LogP contribution < -0.4 is 10.1 Å². The van der Waals surface area contributed by atoms with Gasteiger partial charge in [-0.3, -0.25) is 9.78 Å². The molecule has 4 heteroatoms. The van der Waals surface area contributed by atoms with Gasteiger partial charge < -0.3 is 10.1 Å². The first-order valence-corrected chi connectivity index (χ1v) is 5.97. The number of benzene rings is 1. The number of rotatable bonds is 4. The number of nitrogens with one attached hydrogen (secondary N) is 1. The molecule has 1 N–H and O–H groups in total. The van der Waals surface area contributed by atoms with Gasteiger partial charge in [-0.2, -0.15) is 0 Å². The van der Waals surface area contributed by atoms with Gasteiger partial charge in [-0.15, -0.1) is 0 Å². The van der Waals surface area contributed by atoms with Crippen molar-refractivity contribution in [3.05, 3.63) is 30.5 Å². The second kappa shape index (κ2) is 5.49. The Morgan fingerprint density at radius 2 is 2.28 bits per heavy atom. The molecule has 0 bridgehead atoms. The molecule has 0 saturated carbocycles. The number of hydrogen-bond donors (Lipinski definition) is 1. The van der Waals surface area contributed by atoms with Crippen LogP contribution in [0.4, 0.5) is 5.69 Å². The average molecular weight is 244 g/mol. The van der Waals surface area contributed by atoms with Crippen LogP contribution in [0.25, 0.3) is 10.9 Å². The highest BCUT2D eigenvalue weighted by Gasteiger charge is 2.08. The largest absolute Gasteiger partial charge is 0.497 e. The molecule has 0 saturated heterocycles. The van der Waals surface area contributed by atoms with Crippen LogP contribution in [-0.4, -0.2) is 18.0 Å². The van der Waals surface area contributed by atoms with Crippen LogP contribution in [-0.2, 0) is 4.79 Å². The zero-order valence-corrected chi connectivity index (χ0v) is 10.6. The van der Waals surface area contributed by atoms with E-state index in [0.717, 1.165) is 17.3 Å². The van der Waals surface area contributed by atoms with Crippen molar-refractivity contribution in [1.82, 2.24) is 4.98 Å².